The predicted molar refractivity (Wildman–Crippen MR) is 112 cm³/mol. The fourth-order valence-electron chi connectivity index (χ4n) is 3.44. The minimum absolute atomic E-state index is 0.142. The summed E-state index contributed by atoms with van der Waals surface area (Å²) in [5.41, 5.74) is 0.735. The molecule has 2 N–H and O–H groups in total. The van der Waals surface area contributed by atoms with Gasteiger partial charge in [0.2, 0.25) is 0 Å². The predicted octanol–water partition coefficient (Wildman–Crippen LogP) is 2.20. The summed E-state index contributed by atoms with van der Waals surface area (Å²) in [5, 5.41) is 6.65. The lowest BCUT2D eigenvalue weighted by molar-refractivity contribution is 0.0925. The van der Waals surface area contributed by atoms with Gasteiger partial charge in [-0.25, -0.2) is 4.39 Å². The molecule has 2 rings (SSSR count). The van der Waals surface area contributed by atoms with Crippen molar-refractivity contribution in [3.05, 3.63) is 35.6 Å². The summed E-state index contributed by atoms with van der Waals surface area (Å²) in [7, 11) is 2.18. The Morgan fingerprint density at radius 1 is 1.15 bits per heavy atom. The molecule has 1 aromatic carbocycles. The van der Waals surface area contributed by atoms with Gasteiger partial charge in [0.15, 0.2) is 5.96 Å². The largest absolute Gasteiger partial charge is 0.357 e. The molecule has 1 unspecified atom stereocenters. The van der Waals surface area contributed by atoms with Gasteiger partial charge < -0.3 is 15.5 Å². The molecule has 6 heteroatoms. The third kappa shape index (κ3) is 7.11. The van der Waals surface area contributed by atoms with Gasteiger partial charge in [-0.05, 0) is 37.9 Å². The number of nitrogens with one attached hydrogen (secondary N) is 2. The highest BCUT2D eigenvalue weighted by Gasteiger charge is 2.24. The number of guanidine groups is 1. The third-order valence-corrected chi connectivity index (χ3v) is 5.20. The second-order valence-corrected chi connectivity index (χ2v) is 7.64. The number of likely N-dealkylation sites (N-methyl/N-ethyl adjacent to an activating group) is 1. The van der Waals surface area contributed by atoms with Crippen LogP contribution >= 0.6 is 0 Å². The molecule has 152 valence electrons. The lowest BCUT2D eigenvalue weighted by Crippen LogP contribution is -2.52. The van der Waals surface area contributed by atoms with E-state index in [0.717, 1.165) is 50.8 Å². The maximum Gasteiger partial charge on any atom is 0.191 e. The molecule has 1 aromatic rings. The molecule has 27 heavy (non-hydrogen) atoms. The van der Waals surface area contributed by atoms with Crippen LogP contribution in [-0.4, -0.2) is 74.7 Å². The van der Waals surface area contributed by atoms with E-state index in [1.807, 2.05) is 12.1 Å². The monoisotopic (exact) mass is 377 g/mol. The first-order valence-corrected chi connectivity index (χ1v) is 10.2. The van der Waals surface area contributed by atoms with E-state index in [2.05, 4.69) is 48.3 Å². The average Bonchev–Trinajstić information content (AvgIpc) is 2.64. The minimum Gasteiger partial charge on any atom is -0.357 e. The molecule has 5 nitrogen and oxygen atoms in total. The Labute approximate surface area is 164 Å². The standard InChI is InChI=1S/C21H36FN5/c1-5-23-21(24-11-10-18-8-6-7-9-19(18)22)25-16-20(17(2)3)27-14-12-26(4)13-15-27/h6-9,17,20H,5,10-16H2,1-4H3,(H2,23,24,25). The van der Waals surface area contributed by atoms with E-state index in [9.17, 15) is 4.39 Å². The molecule has 1 fully saturated rings. The summed E-state index contributed by atoms with van der Waals surface area (Å²) in [5.74, 6) is 1.23. The van der Waals surface area contributed by atoms with E-state index in [-0.39, 0.29) is 5.82 Å². The number of nitrogens with zero attached hydrogens (tertiary/aromatic N) is 3. The van der Waals surface area contributed by atoms with Gasteiger partial charge in [0.05, 0.1) is 6.54 Å². The van der Waals surface area contributed by atoms with Crippen LogP contribution in [0.2, 0.25) is 0 Å². The summed E-state index contributed by atoms with van der Waals surface area (Å²) >= 11 is 0. The number of hydrogen-bond donors (Lipinski definition) is 2. The Morgan fingerprint density at radius 2 is 1.85 bits per heavy atom. The van der Waals surface area contributed by atoms with Gasteiger partial charge >= 0.3 is 0 Å². The minimum atomic E-state index is -0.142. The lowest BCUT2D eigenvalue weighted by atomic mass is 10.0. The molecule has 0 aliphatic carbocycles. The molecule has 1 aliphatic rings. The van der Waals surface area contributed by atoms with Crippen molar-refractivity contribution in [3.63, 3.8) is 0 Å². The highest BCUT2D eigenvalue weighted by molar-refractivity contribution is 5.79. The van der Waals surface area contributed by atoms with Crippen LogP contribution < -0.4 is 10.6 Å². The summed E-state index contributed by atoms with van der Waals surface area (Å²) in [6.45, 7) is 13.3. The van der Waals surface area contributed by atoms with Gasteiger partial charge in [-0.3, -0.25) is 9.89 Å². The molecule has 0 radical (unpaired) electrons. The number of hydrogen-bond acceptors (Lipinski definition) is 3. The van der Waals surface area contributed by atoms with E-state index >= 15 is 0 Å². The van der Waals surface area contributed by atoms with Gasteiger partial charge in [0.1, 0.15) is 5.82 Å². The summed E-state index contributed by atoms with van der Waals surface area (Å²) < 4.78 is 13.8. The Bertz CT molecular complexity index is 582. The fourth-order valence-corrected chi connectivity index (χ4v) is 3.44. The van der Waals surface area contributed by atoms with Gasteiger partial charge in [0.25, 0.3) is 0 Å². The van der Waals surface area contributed by atoms with E-state index < -0.39 is 0 Å². The smallest absolute Gasteiger partial charge is 0.191 e. The molecule has 0 amide bonds. The first kappa shape index (κ1) is 21.6. The SMILES string of the molecule is CCNC(=NCC(C(C)C)N1CCN(C)CC1)NCCc1ccccc1F. The first-order chi connectivity index (χ1) is 13.0. The zero-order valence-electron chi connectivity index (χ0n) is 17.3. The summed E-state index contributed by atoms with van der Waals surface area (Å²) in [6, 6.07) is 7.39. The molecule has 0 saturated carbocycles. The molecule has 1 aliphatic heterocycles. The van der Waals surface area contributed by atoms with Gasteiger partial charge in [-0.1, -0.05) is 32.0 Å². The van der Waals surface area contributed by atoms with Crippen molar-refractivity contribution in [1.29, 1.82) is 0 Å². The summed E-state index contributed by atoms with van der Waals surface area (Å²) in [4.78, 5) is 9.78. The maximum atomic E-state index is 13.8. The normalized spacial score (nSPS) is 17.9. The quantitative estimate of drug-likeness (QED) is 0.538. The summed E-state index contributed by atoms with van der Waals surface area (Å²) in [6.07, 6.45) is 0.642. The molecule has 1 heterocycles. The molecule has 0 aromatic heterocycles. The van der Waals surface area contributed by atoms with Crippen molar-refractivity contribution < 1.29 is 4.39 Å². The Morgan fingerprint density at radius 3 is 2.48 bits per heavy atom. The van der Waals surface area contributed by atoms with E-state index in [4.69, 9.17) is 4.99 Å². The molecule has 1 saturated heterocycles. The molecular weight excluding hydrogens is 341 g/mol. The van der Waals surface area contributed by atoms with Crippen LogP contribution in [0, 0.1) is 11.7 Å². The Balaban J connectivity index is 1.90. The van der Waals surface area contributed by atoms with E-state index in [1.54, 1.807) is 6.07 Å². The third-order valence-electron chi connectivity index (χ3n) is 5.20. The highest BCUT2D eigenvalue weighted by atomic mass is 19.1. The Hall–Kier alpha value is -1.66. The number of halogens is 1. The first-order valence-electron chi connectivity index (χ1n) is 10.2. The molecule has 0 bridgehead atoms. The molecule has 1 atom stereocenters. The van der Waals surface area contributed by atoms with Gasteiger partial charge in [-0.15, -0.1) is 0 Å². The molecular formula is C21H36FN5. The Kier molecular flexibility index (Phi) is 9.01. The van der Waals surface area contributed by atoms with Crippen molar-refractivity contribution in [3.8, 4) is 0 Å². The van der Waals surface area contributed by atoms with Crippen molar-refractivity contribution in [2.75, 3.05) is 52.9 Å². The zero-order chi connectivity index (χ0) is 19.6. The number of benzene rings is 1. The highest BCUT2D eigenvalue weighted by Crippen LogP contribution is 2.14. The van der Waals surface area contributed by atoms with Crippen LogP contribution in [0.25, 0.3) is 0 Å². The van der Waals surface area contributed by atoms with Crippen LogP contribution in [0.15, 0.2) is 29.3 Å². The zero-order valence-corrected chi connectivity index (χ0v) is 17.3. The average molecular weight is 378 g/mol. The van der Waals surface area contributed by atoms with Crippen molar-refractivity contribution in [2.45, 2.75) is 33.2 Å². The van der Waals surface area contributed by atoms with Crippen LogP contribution in [0.4, 0.5) is 4.39 Å². The van der Waals surface area contributed by atoms with Crippen molar-refractivity contribution >= 4 is 5.96 Å². The van der Waals surface area contributed by atoms with Crippen LogP contribution in [0.5, 0.6) is 0 Å². The van der Waals surface area contributed by atoms with E-state index in [0.29, 0.717) is 24.9 Å². The van der Waals surface area contributed by atoms with Crippen molar-refractivity contribution in [2.24, 2.45) is 10.9 Å². The molecule has 0 spiro atoms. The maximum absolute atomic E-state index is 13.8. The second kappa shape index (κ2) is 11.2. The number of aliphatic imine (C=N–C) groups is 1. The number of rotatable bonds is 8. The van der Waals surface area contributed by atoms with Crippen LogP contribution in [0.1, 0.15) is 26.3 Å². The second-order valence-electron chi connectivity index (χ2n) is 7.64. The van der Waals surface area contributed by atoms with E-state index in [1.165, 1.54) is 6.07 Å². The van der Waals surface area contributed by atoms with Crippen molar-refractivity contribution in [1.82, 2.24) is 20.4 Å². The van der Waals surface area contributed by atoms with Crippen LogP contribution in [-0.2, 0) is 6.42 Å². The van der Waals surface area contributed by atoms with Gasteiger partial charge in [0, 0.05) is 45.3 Å². The lowest BCUT2D eigenvalue weighted by Gasteiger charge is -2.39. The topological polar surface area (TPSA) is 42.9 Å². The fraction of sp³-hybridized carbons (Fsp3) is 0.667. The van der Waals surface area contributed by atoms with Crippen LogP contribution in [0.3, 0.4) is 0 Å². The van der Waals surface area contributed by atoms with Gasteiger partial charge in [-0.2, -0.15) is 0 Å². The number of piperazine rings is 1.